The van der Waals surface area contributed by atoms with Crippen LogP contribution in [0, 0.1) is 12.7 Å². The summed E-state index contributed by atoms with van der Waals surface area (Å²) in [7, 11) is -3.62. The topological polar surface area (TPSA) is 112 Å². The van der Waals surface area contributed by atoms with Gasteiger partial charge in [-0.1, -0.05) is 0 Å². The fourth-order valence-electron chi connectivity index (χ4n) is 4.42. The number of β-amino-alcohol motifs (C(OH)–C–C–N with tert-alkyl or cyclic N) is 1. The largest absolute Gasteiger partial charge is 0.433 e. The molecule has 2 atom stereocenters. The molecule has 2 heterocycles. The van der Waals surface area contributed by atoms with Crippen molar-refractivity contribution >= 4 is 38.2 Å². The molecule has 38 heavy (non-hydrogen) atoms. The molecule has 3 aromatic rings. The van der Waals surface area contributed by atoms with Crippen LogP contribution in [0.4, 0.5) is 28.9 Å². The van der Waals surface area contributed by atoms with Crippen LogP contribution < -0.4 is 14.9 Å². The van der Waals surface area contributed by atoms with E-state index in [1.165, 1.54) is 24.3 Å². The van der Waals surface area contributed by atoms with Gasteiger partial charge < -0.3 is 15.3 Å². The number of alkyl halides is 3. The molecule has 0 bridgehead atoms. The molecule has 2 aromatic carbocycles. The highest BCUT2D eigenvalue weighted by Gasteiger charge is 2.35. The summed E-state index contributed by atoms with van der Waals surface area (Å²) in [6.45, 7) is 3.63. The molecule has 0 saturated carbocycles. The van der Waals surface area contributed by atoms with Gasteiger partial charge in [0.05, 0.1) is 29.6 Å². The molecule has 0 spiro atoms. The minimum atomic E-state index is -4.68. The number of sulfonamides is 1. The predicted octanol–water partition coefficient (Wildman–Crippen LogP) is 4.13. The quantitative estimate of drug-likeness (QED) is 0.395. The molecule has 204 valence electrons. The lowest BCUT2D eigenvalue weighted by Gasteiger charge is -2.22. The number of amides is 1. The van der Waals surface area contributed by atoms with E-state index in [1.54, 1.807) is 18.7 Å². The van der Waals surface area contributed by atoms with Gasteiger partial charge in [0.25, 0.3) is 5.91 Å². The molecule has 0 radical (unpaired) electrons. The third-order valence-corrected chi connectivity index (χ3v) is 6.89. The molecule has 1 aliphatic rings. The van der Waals surface area contributed by atoms with Crippen molar-refractivity contribution in [3.05, 3.63) is 64.6 Å². The first-order valence-corrected chi connectivity index (χ1v) is 13.5. The van der Waals surface area contributed by atoms with E-state index in [0.29, 0.717) is 23.9 Å². The molecule has 3 N–H and O–H groups in total. The van der Waals surface area contributed by atoms with E-state index in [0.717, 1.165) is 18.4 Å². The summed E-state index contributed by atoms with van der Waals surface area (Å²) in [6.07, 6.45) is -4.02. The van der Waals surface area contributed by atoms with Crippen molar-refractivity contribution in [3.8, 4) is 0 Å². The van der Waals surface area contributed by atoms with Crippen LogP contribution in [0.2, 0.25) is 0 Å². The van der Waals surface area contributed by atoms with Gasteiger partial charge in [-0.3, -0.25) is 9.52 Å². The van der Waals surface area contributed by atoms with E-state index in [2.05, 4.69) is 15.0 Å². The summed E-state index contributed by atoms with van der Waals surface area (Å²) in [5.41, 5.74) is -0.0615. The van der Waals surface area contributed by atoms with E-state index >= 15 is 0 Å². The van der Waals surface area contributed by atoms with Gasteiger partial charge in [0.15, 0.2) is 0 Å². The minimum Gasteiger partial charge on any atom is -0.391 e. The van der Waals surface area contributed by atoms with Gasteiger partial charge in [0.2, 0.25) is 10.0 Å². The molecular formula is C25H26F4N4O4S. The summed E-state index contributed by atoms with van der Waals surface area (Å²) < 4.78 is 80.5. The molecule has 0 aliphatic carbocycles. The first kappa shape index (κ1) is 27.6. The number of hydrogen-bond donors (Lipinski definition) is 3. The highest BCUT2D eigenvalue weighted by molar-refractivity contribution is 7.92. The summed E-state index contributed by atoms with van der Waals surface area (Å²) in [5.74, 6) is -1.33. The number of rotatable bonds is 6. The number of hydrogen-bond acceptors (Lipinski definition) is 6. The number of carbonyl (C=O) groups is 1. The van der Waals surface area contributed by atoms with Crippen molar-refractivity contribution in [2.75, 3.05) is 29.0 Å². The summed E-state index contributed by atoms with van der Waals surface area (Å²) in [6, 6.07) is 6.62. The van der Waals surface area contributed by atoms with Crippen LogP contribution in [-0.4, -0.2) is 49.9 Å². The molecule has 1 amide bonds. The highest BCUT2D eigenvalue weighted by Crippen LogP contribution is 2.36. The maximum absolute atomic E-state index is 14.8. The number of aromatic nitrogens is 1. The Labute approximate surface area is 216 Å². The number of fused-ring (bicyclic) bond motifs is 1. The first-order chi connectivity index (χ1) is 17.6. The maximum atomic E-state index is 14.8. The normalized spacial score (nSPS) is 17.1. The number of aliphatic hydroxyl groups excluding tert-OH is 1. The van der Waals surface area contributed by atoms with Crippen LogP contribution >= 0.6 is 0 Å². The molecule has 8 nitrogen and oxygen atoms in total. The SMILES string of the molecule is Cc1cc([C@@H](C)NC(=O)c2ccc3nc(C(F)(F)F)cc(N4CC[C@@H](O)C4)c3c2)c(F)cc1NS(C)(=O)=O. The second-order valence-electron chi connectivity index (χ2n) is 9.40. The van der Waals surface area contributed by atoms with Crippen molar-refractivity contribution < 1.29 is 35.9 Å². The minimum absolute atomic E-state index is 0.0384. The predicted molar refractivity (Wildman–Crippen MR) is 135 cm³/mol. The molecule has 1 saturated heterocycles. The van der Waals surface area contributed by atoms with Crippen LogP contribution in [0.15, 0.2) is 36.4 Å². The Balaban J connectivity index is 1.65. The van der Waals surface area contributed by atoms with Crippen LogP contribution in [0.5, 0.6) is 0 Å². The third-order valence-electron chi connectivity index (χ3n) is 6.30. The first-order valence-electron chi connectivity index (χ1n) is 11.7. The Morgan fingerprint density at radius 2 is 1.92 bits per heavy atom. The maximum Gasteiger partial charge on any atom is 0.433 e. The number of anilines is 2. The lowest BCUT2D eigenvalue weighted by atomic mass is 10.0. The van der Waals surface area contributed by atoms with Gasteiger partial charge in [-0.05, 0) is 62.2 Å². The smallest absolute Gasteiger partial charge is 0.391 e. The summed E-state index contributed by atoms with van der Waals surface area (Å²) >= 11 is 0. The van der Waals surface area contributed by atoms with Crippen molar-refractivity contribution in [2.45, 2.75) is 38.6 Å². The Morgan fingerprint density at radius 1 is 1.21 bits per heavy atom. The Bertz CT molecular complexity index is 1510. The number of pyridine rings is 1. The van der Waals surface area contributed by atoms with Gasteiger partial charge in [-0.15, -0.1) is 0 Å². The Kier molecular flexibility index (Phi) is 7.28. The van der Waals surface area contributed by atoms with E-state index < -0.39 is 45.8 Å². The molecule has 1 aliphatic heterocycles. The number of aryl methyl sites for hydroxylation is 1. The summed E-state index contributed by atoms with van der Waals surface area (Å²) in [4.78, 5) is 18.4. The fourth-order valence-corrected chi connectivity index (χ4v) is 5.04. The van der Waals surface area contributed by atoms with Gasteiger partial charge >= 0.3 is 6.18 Å². The van der Waals surface area contributed by atoms with E-state index in [4.69, 9.17) is 0 Å². The zero-order valence-electron chi connectivity index (χ0n) is 20.7. The van der Waals surface area contributed by atoms with Crippen molar-refractivity contribution in [1.29, 1.82) is 0 Å². The number of aliphatic hydroxyl groups is 1. The average molecular weight is 555 g/mol. The molecule has 13 heteroatoms. The zero-order chi connectivity index (χ0) is 28.0. The third kappa shape index (κ3) is 5.99. The Hall–Kier alpha value is -3.45. The molecule has 0 unspecified atom stereocenters. The van der Waals surface area contributed by atoms with E-state index in [-0.39, 0.29) is 34.6 Å². The fraction of sp³-hybridized carbons (Fsp3) is 0.360. The van der Waals surface area contributed by atoms with Crippen LogP contribution in [0.1, 0.15) is 46.6 Å². The molecule has 4 rings (SSSR count). The average Bonchev–Trinajstić information content (AvgIpc) is 3.24. The number of nitrogens with zero attached hydrogens (tertiary/aromatic N) is 2. The standard InChI is InChI=1S/C25H26F4N4O4S/c1-13-8-17(19(26)10-21(13)32-38(3,36)37)14(2)30-24(35)15-4-5-20-18(9-15)22(33-7-6-16(34)12-33)11-23(31-20)25(27,28)29/h4-5,8-11,14,16,32,34H,6-7,12H2,1-3H3,(H,30,35)/t14-,16-/m1/s1. The van der Waals surface area contributed by atoms with E-state index in [1.807, 2.05) is 0 Å². The van der Waals surface area contributed by atoms with Gasteiger partial charge in [-0.2, -0.15) is 13.2 Å². The van der Waals surface area contributed by atoms with Gasteiger partial charge in [0, 0.05) is 35.3 Å². The van der Waals surface area contributed by atoms with Crippen molar-refractivity contribution in [1.82, 2.24) is 10.3 Å². The second kappa shape index (κ2) is 10.0. The lowest BCUT2D eigenvalue weighted by Crippen LogP contribution is -2.27. The number of benzene rings is 2. The Morgan fingerprint density at radius 3 is 2.53 bits per heavy atom. The molecule has 1 fully saturated rings. The van der Waals surface area contributed by atoms with E-state index in [9.17, 15) is 35.9 Å². The number of nitrogens with one attached hydrogen (secondary N) is 2. The van der Waals surface area contributed by atoms with Gasteiger partial charge in [-0.25, -0.2) is 17.8 Å². The number of carbonyl (C=O) groups excluding carboxylic acids is 1. The molecular weight excluding hydrogens is 528 g/mol. The van der Waals surface area contributed by atoms with Crippen molar-refractivity contribution in [2.24, 2.45) is 0 Å². The van der Waals surface area contributed by atoms with Crippen molar-refractivity contribution in [3.63, 3.8) is 0 Å². The molecule has 1 aromatic heterocycles. The zero-order valence-corrected chi connectivity index (χ0v) is 21.5. The van der Waals surface area contributed by atoms with Gasteiger partial charge in [0.1, 0.15) is 11.5 Å². The summed E-state index contributed by atoms with van der Waals surface area (Å²) in [5, 5.41) is 12.9. The number of halogens is 4. The van der Waals surface area contributed by atoms with Crippen LogP contribution in [0.25, 0.3) is 10.9 Å². The second-order valence-corrected chi connectivity index (χ2v) is 11.2. The monoisotopic (exact) mass is 554 g/mol. The van der Waals surface area contributed by atoms with Crippen LogP contribution in [-0.2, 0) is 16.2 Å². The van der Waals surface area contributed by atoms with Crippen LogP contribution in [0.3, 0.4) is 0 Å². The lowest BCUT2D eigenvalue weighted by molar-refractivity contribution is -0.140. The highest BCUT2D eigenvalue weighted by atomic mass is 32.2.